The molecule has 0 bridgehead atoms. The lowest BCUT2D eigenvalue weighted by Crippen LogP contribution is -1.98. The van der Waals surface area contributed by atoms with Crippen molar-refractivity contribution in [2.24, 2.45) is 0 Å². The zero-order chi connectivity index (χ0) is 18.6. The summed E-state index contributed by atoms with van der Waals surface area (Å²) in [4.78, 5) is 20.0. The summed E-state index contributed by atoms with van der Waals surface area (Å²) in [5, 5.41) is 16.5. The Hall–Kier alpha value is -1.58. The number of carboxylic acid groups (broad SMARTS) is 2. The molecule has 0 fully saturated rings. The lowest BCUT2D eigenvalue weighted by atomic mass is 10.0. The van der Waals surface area contributed by atoms with E-state index in [0.717, 1.165) is 12.8 Å². The van der Waals surface area contributed by atoms with Crippen LogP contribution in [0.5, 0.6) is 0 Å². The minimum atomic E-state index is -0.845. The summed E-state index contributed by atoms with van der Waals surface area (Å²) < 4.78 is 0. The molecule has 0 aromatic carbocycles. The van der Waals surface area contributed by atoms with Gasteiger partial charge in [0.1, 0.15) is 0 Å². The van der Waals surface area contributed by atoms with Crippen LogP contribution >= 0.6 is 0 Å². The van der Waals surface area contributed by atoms with Gasteiger partial charge in [0, 0.05) is 5.57 Å². The van der Waals surface area contributed by atoms with Crippen molar-refractivity contribution >= 4 is 11.9 Å². The summed E-state index contributed by atoms with van der Waals surface area (Å²) in [5.74, 6) is -1.67. The maximum absolute atomic E-state index is 10.5. The molecule has 0 atom stereocenters. The summed E-state index contributed by atoms with van der Waals surface area (Å²) in [7, 11) is 0. The number of carboxylic acids is 2. The van der Waals surface area contributed by atoms with Crippen molar-refractivity contribution in [1.82, 2.24) is 0 Å². The minimum Gasteiger partial charge on any atom is -0.481 e. The standard InChI is InChI=1S/C16H30O2.C4H6O2/c1-3-4-5-6-7-8-9-10-11-12-13-14-15(2)16(17)18;1-2-3-4(5)6/h2-14H2,1H3,(H,17,18);2H,1,3H2,(H,5,6). The first-order chi connectivity index (χ1) is 11.5. The fraction of sp³-hybridized carbons (Fsp3) is 0.700. The topological polar surface area (TPSA) is 74.6 Å². The van der Waals surface area contributed by atoms with Gasteiger partial charge < -0.3 is 10.2 Å². The number of rotatable bonds is 15. The van der Waals surface area contributed by atoms with Crippen LogP contribution in [0, 0.1) is 0 Å². The van der Waals surface area contributed by atoms with Crippen LogP contribution in [0.15, 0.2) is 24.8 Å². The van der Waals surface area contributed by atoms with Gasteiger partial charge in [0.15, 0.2) is 0 Å². The SMILES string of the molecule is C=C(CCCCCCCCCCCCC)C(=O)O.C=CCC(=O)O. The Balaban J connectivity index is 0. The maximum Gasteiger partial charge on any atom is 0.330 e. The fourth-order valence-corrected chi connectivity index (χ4v) is 2.23. The molecule has 0 saturated carbocycles. The molecule has 0 unspecified atom stereocenters. The predicted octanol–water partition coefficient (Wildman–Crippen LogP) is 5.98. The van der Waals surface area contributed by atoms with Crippen molar-refractivity contribution in [3.63, 3.8) is 0 Å². The molecule has 0 aliphatic rings. The van der Waals surface area contributed by atoms with Gasteiger partial charge in [-0.1, -0.05) is 83.8 Å². The van der Waals surface area contributed by atoms with Crippen LogP contribution in [0.4, 0.5) is 0 Å². The van der Waals surface area contributed by atoms with E-state index in [1.54, 1.807) is 0 Å². The van der Waals surface area contributed by atoms with Crippen LogP contribution < -0.4 is 0 Å². The van der Waals surface area contributed by atoms with Crippen LogP contribution in [0.3, 0.4) is 0 Å². The zero-order valence-corrected chi connectivity index (χ0v) is 15.4. The van der Waals surface area contributed by atoms with E-state index in [0.29, 0.717) is 12.0 Å². The van der Waals surface area contributed by atoms with E-state index in [-0.39, 0.29) is 6.42 Å². The first kappa shape index (κ1) is 24.7. The molecule has 0 aliphatic heterocycles. The molecule has 0 spiro atoms. The number of aliphatic carboxylic acids is 2. The molecule has 0 aliphatic carbocycles. The molecule has 0 rings (SSSR count). The van der Waals surface area contributed by atoms with Crippen molar-refractivity contribution in [3.05, 3.63) is 24.8 Å². The third kappa shape index (κ3) is 22.7. The number of hydrogen-bond donors (Lipinski definition) is 2. The highest BCUT2D eigenvalue weighted by Crippen LogP contribution is 2.13. The number of hydrogen-bond acceptors (Lipinski definition) is 2. The van der Waals surface area contributed by atoms with Crippen molar-refractivity contribution in [1.29, 1.82) is 0 Å². The highest BCUT2D eigenvalue weighted by atomic mass is 16.4. The van der Waals surface area contributed by atoms with Gasteiger partial charge in [0.2, 0.25) is 0 Å². The van der Waals surface area contributed by atoms with E-state index in [4.69, 9.17) is 10.2 Å². The fourth-order valence-electron chi connectivity index (χ4n) is 2.23. The lowest BCUT2D eigenvalue weighted by Gasteiger charge is -2.02. The first-order valence-corrected chi connectivity index (χ1v) is 9.19. The number of unbranched alkanes of at least 4 members (excludes halogenated alkanes) is 10. The van der Waals surface area contributed by atoms with E-state index in [1.165, 1.54) is 63.9 Å². The molecular weight excluding hydrogens is 304 g/mol. The molecule has 4 nitrogen and oxygen atoms in total. The normalized spacial score (nSPS) is 9.71. The average Bonchev–Trinajstić information content (AvgIpc) is 2.52. The van der Waals surface area contributed by atoms with Crippen LogP contribution in [0.25, 0.3) is 0 Å². The molecule has 0 amide bonds. The summed E-state index contributed by atoms with van der Waals surface area (Å²) in [6.45, 7) is 9.01. The molecule has 0 aromatic heterocycles. The second-order valence-electron chi connectivity index (χ2n) is 6.08. The van der Waals surface area contributed by atoms with Crippen molar-refractivity contribution in [3.8, 4) is 0 Å². The summed E-state index contributed by atoms with van der Waals surface area (Å²) >= 11 is 0. The Kier molecular flexibility index (Phi) is 20.0. The van der Waals surface area contributed by atoms with E-state index < -0.39 is 11.9 Å². The third-order valence-electron chi connectivity index (χ3n) is 3.70. The van der Waals surface area contributed by atoms with Gasteiger partial charge in [0.05, 0.1) is 6.42 Å². The van der Waals surface area contributed by atoms with E-state index in [9.17, 15) is 9.59 Å². The van der Waals surface area contributed by atoms with Gasteiger partial charge in [-0.15, -0.1) is 6.58 Å². The van der Waals surface area contributed by atoms with Crippen LogP contribution in [0.1, 0.15) is 90.4 Å². The third-order valence-corrected chi connectivity index (χ3v) is 3.70. The quantitative estimate of drug-likeness (QED) is 0.218. The molecule has 0 saturated heterocycles. The monoisotopic (exact) mass is 340 g/mol. The summed E-state index contributed by atoms with van der Waals surface area (Å²) in [5.41, 5.74) is 0.353. The molecule has 0 heterocycles. The second-order valence-corrected chi connectivity index (χ2v) is 6.08. The van der Waals surface area contributed by atoms with Crippen molar-refractivity contribution in [2.75, 3.05) is 0 Å². The van der Waals surface area contributed by atoms with Gasteiger partial charge in [-0.2, -0.15) is 0 Å². The van der Waals surface area contributed by atoms with Crippen molar-refractivity contribution < 1.29 is 19.8 Å². The van der Waals surface area contributed by atoms with Crippen LogP contribution in [0.2, 0.25) is 0 Å². The molecule has 140 valence electrons. The summed E-state index contributed by atoms with van der Waals surface area (Å²) in [6.07, 6.45) is 16.3. The zero-order valence-electron chi connectivity index (χ0n) is 15.4. The van der Waals surface area contributed by atoms with Gasteiger partial charge in [-0.25, -0.2) is 4.79 Å². The Bertz CT molecular complexity index is 348. The Labute approximate surface area is 147 Å². The minimum absolute atomic E-state index is 0.0556. The first-order valence-electron chi connectivity index (χ1n) is 9.19. The largest absolute Gasteiger partial charge is 0.481 e. The molecular formula is C20H36O4. The predicted molar refractivity (Wildman–Crippen MR) is 100 cm³/mol. The Morgan fingerprint density at radius 1 is 0.833 bits per heavy atom. The van der Waals surface area contributed by atoms with Gasteiger partial charge in [-0.3, -0.25) is 4.79 Å². The Morgan fingerprint density at radius 2 is 1.25 bits per heavy atom. The highest BCUT2D eigenvalue weighted by Gasteiger charge is 2.02. The van der Waals surface area contributed by atoms with Gasteiger partial charge >= 0.3 is 11.9 Å². The van der Waals surface area contributed by atoms with Gasteiger partial charge in [-0.05, 0) is 12.8 Å². The molecule has 0 radical (unpaired) electrons. The lowest BCUT2D eigenvalue weighted by molar-refractivity contribution is -0.136. The highest BCUT2D eigenvalue weighted by molar-refractivity contribution is 5.85. The van der Waals surface area contributed by atoms with E-state index in [2.05, 4.69) is 20.1 Å². The number of carbonyl (C=O) groups is 2. The second kappa shape index (κ2) is 19.5. The smallest absolute Gasteiger partial charge is 0.330 e. The molecule has 24 heavy (non-hydrogen) atoms. The molecule has 4 heteroatoms. The average molecular weight is 341 g/mol. The van der Waals surface area contributed by atoms with Gasteiger partial charge in [0.25, 0.3) is 0 Å². The Morgan fingerprint density at radius 3 is 1.54 bits per heavy atom. The molecule has 2 N–H and O–H groups in total. The van der Waals surface area contributed by atoms with Crippen LogP contribution in [-0.2, 0) is 9.59 Å². The van der Waals surface area contributed by atoms with Crippen molar-refractivity contribution in [2.45, 2.75) is 90.4 Å². The van der Waals surface area contributed by atoms with E-state index in [1.807, 2.05) is 0 Å². The van der Waals surface area contributed by atoms with Crippen LogP contribution in [-0.4, -0.2) is 22.2 Å². The molecule has 0 aromatic rings. The maximum atomic E-state index is 10.5. The van der Waals surface area contributed by atoms with E-state index >= 15 is 0 Å². The summed E-state index contributed by atoms with van der Waals surface area (Å²) in [6, 6.07) is 0.